The lowest BCUT2D eigenvalue weighted by molar-refractivity contribution is 0.0526. The molecule has 0 unspecified atom stereocenters. The molecule has 0 aliphatic heterocycles. The van der Waals surface area contributed by atoms with Gasteiger partial charge in [-0.1, -0.05) is 18.2 Å². The number of hydrogen-bond donors (Lipinski definition) is 1. The second-order valence-corrected chi connectivity index (χ2v) is 8.85. The van der Waals surface area contributed by atoms with Gasteiger partial charge in [-0.25, -0.2) is 9.79 Å². The van der Waals surface area contributed by atoms with Crippen LogP contribution < -0.4 is 14.9 Å². The number of nitrogens with zero attached hydrogens (tertiary/aromatic N) is 2. The second kappa shape index (κ2) is 10.3. The third kappa shape index (κ3) is 6.72. The van der Waals surface area contributed by atoms with Crippen LogP contribution in [0, 0.1) is 0 Å². The first-order valence-electron chi connectivity index (χ1n) is 10.2. The van der Waals surface area contributed by atoms with Crippen molar-refractivity contribution in [3.63, 3.8) is 0 Å². The molecular formula is C24H29N3O3S. The zero-order chi connectivity index (χ0) is 22.3. The van der Waals surface area contributed by atoms with Gasteiger partial charge in [0.05, 0.1) is 18.5 Å². The third-order valence-electron chi connectivity index (χ3n) is 4.39. The van der Waals surface area contributed by atoms with Crippen molar-refractivity contribution in [3.05, 3.63) is 64.8 Å². The number of benzene rings is 2. The first-order chi connectivity index (χ1) is 14.9. The number of aromatic nitrogens is 1. The number of ether oxygens (including phenoxy) is 2. The third-order valence-corrected chi connectivity index (χ3v) is 5.25. The molecule has 3 rings (SSSR count). The van der Waals surface area contributed by atoms with Gasteiger partial charge in [-0.05, 0) is 69.2 Å². The first kappa shape index (κ1) is 22.6. The van der Waals surface area contributed by atoms with Crippen LogP contribution in [0.2, 0.25) is 0 Å². The Hall–Kier alpha value is -3.06. The van der Waals surface area contributed by atoms with E-state index in [1.54, 1.807) is 18.4 Å². The number of nitrogens with one attached hydrogen (secondary N) is 1. The molecule has 6 nitrogen and oxygen atoms in total. The SMILES string of the molecule is COc1ccc(-c2cs/c(=N/c3ccccc3)n2CCCNC(=O)OC(C)(C)C)cc1. The maximum absolute atomic E-state index is 11.9. The molecule has 0 aliphatic carbocycles. The molecule has 3 aromatic rings. The molecule has 1 amide bonds. The number of amides is 1. The predicted molar refractivity (Wildman–Crippen MR) is 125 cm³/mol. The summed E-state index contributed by atoms with van der Waals surface area (Å²) in [4.78, 5) is 17.6. The van der Waals surface area contributed by atoms with Gasteiger partial charge in [0.25, 0.3) is 0 Å². The van der Waals surface area contributed by atoms with Crippen molar-refractivity contribution in [1.29, 1.82) is 0 Å². The maximum Gasteiger partial charge on any atom is 0.407 e. The van der Waals surface area contributed by atoms with E-state index >= 15 is 0 Å². The molecule has 2 aromatic carbocycles. The molecule has 0 radical (unpaired) electrons. The Bertz CT molecular complexity index is 1050. The van der Waals surface area contributed by atoms with Crippen LogP contribution in [-0.4, -0.2) is 29.9 Å². The smallest absolute Gasteiger partial charge is 0.407 e. The molecule has 0 fully saturated rings. The van der Waals surface area contributed by atoms with Crippen LogP contribution in [0.1, 0.15) is 27.2 Å². The number of carbonyl (C=O) groups is 1. The Morgan fingerprint density at radius 3 is 2.45 bits per heavy atom. The highest BCUT2D eigenvalue weighted by Gasteiger charge is 2.15. The quantitative estimate of drug-likeness (QED) is 0.503. The molecule has 31 heavy (non-hydrogen) atoms. The van der Waals surface area contributed by atoms with Crippen molar-refractivity contribution in [2.45, 2.75) is 39.3 Å². The summed E-state index contributed by atoms with van der Waals surface area (Å²) in [5.74, 6) is 0.821. The largest absolute Gasteiger partial charge is 0.497 e. The maximum atomic E-state index is 11.9. The number of hydrogen-bond acceptors (Lipinski definition) is 5. The molecule has 164 valence electrons. The first-order valence-corrected chi connectivity index (χ1v) is 11.1. The van der Waals surface area contributed by atoms with Gasteiger partial charge in [0.2, 0.25) is 0 Å². The number of alkyl carbamates (subject to hydrolysis) is 1. The summed E-state index contributed by atoms with van der Waals surface area (Å²) in [5.41, 5.74) is 2.58. The van der Waals surface area contributed by atoms with Crippen molar-refractivity contribution in [1.82, 2.24) is 9.88 Å². The molecular weight excluding hydrogens is 410 g/mol. The molecule has 0 spiro atoms. The summed E-state index contributed by atoms with van der Waals surface area (Å²) in [6, 6.07) is 17.9. The number of rotatable bonds is 7. The fourth-order valence-electron chi connectivity index (χ4n) is 2.98. The van der Waals surface area contributed by atoms with E-state index in [-0.39, 0.29) is 0 Å². The van der Waals surface area contributed by atoms with Gasteiger partial charge >= 0.3 is 6.09 Å². The van der Waals surface area contributed by atoms with Gasteiger partial charge in [0.15, 0.2) is 4.80 Å². The van der Waals surface area contributed by atoms with E-state index in [0.29, 0.717) is 13.1 Å². The van der Waals surface area contributed by atoms with Gasteiger partial charge in [-0.3, -0.25) is 0 Å². The van der Waals surface area contributed by atoms with Crippen LogP contribution in [0.3, 0.4) is 0 Å². The molecule has 0 bridgehead atoms. The highest BCUT2D eigenvalue weighted by atomic mass is 32.1. The van der Waals surface area contributed by atoms with E-state index in [2.05, 4.69) is 15.3 Å². The number of thiazole rings is 1. The van der Waals surface area contributed by atoms with Gasteiger partial charge in [-0.2, -0.15) is 0 Å². The summed E-state index contributed by atoms with van der Waals surface area (Å²) < 4.78 is 12.8. The average molecular weight is 440 g/mol. The summed E-state index contributed by atoms with van der Waals surface area (Å²) in [6.07, 6.45) is 0.355. The van der Waals surface area contributed by atoms with Crippen molar-refractivity contribution in [2.75, 3.05) is 13.7 Å². The summed E-state index contributed by atoms with van der Waals surface area (Å²) in [6.45, 7) is 6.79. The molecule has 0 saturated heterocycles. The molecule has 1 aromatic heterocycles. The highest BCUT2D eigenvalue weighted by Crippen LogP contribution is 2.24. The van der Waals surface area contributed by atoms with Gasteiger partial charge < -0.3 is 19.4 Å². The van der Waals surface area contributed by atoms with Crippen LogP contribution in [0.25, 0.3) is 11.3 Å². The normalized spacial score (nSPS) is 11.9. The van der Waals surface area contributed by atoms with Crippen molar-refractivity contribution in [3.8, 4) is 17.0 Å². The lowest BCUT2D eigenvalue weighted by Gasteiger charge is -2.19. The summed E-state index contributed by atoms with van der Waals surface area (Å²) >= 11 is 1.60. The van der Waals surface area contributed by atoms with Crippen molar-refractivity contribution >= 4 is 23.1 Å². The molecule has 0 saturated carbocycles. The fraction of sp³-hybridized carbons (Fsp3) is 0.333. The average Bonchev–Trinajstić information content (AvgIpc) is 3.13. The standard InChI is InChI=1S/C24H29N3O3S/c1-24(2,3)30-23(28)25-15-8-16-27-21(18-11-13-20(29-4)14-12-18)17-31-22(27)26-19-9-6-5-7-10-19/h5-7,9-14,17H,8,15-16H2,1-4H3,(H,25,28)/b26-22+. The summed E-state index contributed by atoms with van der Waals surface area (Å²) in [5, 5.41) is 4.94. The highest BCUT2D eigenvalue weighted by molar-refractivity contribution is 7.07. The van der Waals surface area contributed by atoms with E-state index in [9.17, 15) is 4.79 Å². The van der Waals surface area contributed by atoms with Crippen LogP contribution in [-0.2, 0) is 11.3 Å². The zero-order valence-corrected chi connectivity index (χ0v) is 19.2. The minimum absolute atomic E-state index is 0.396. The van der Waals surface area contributed by atoms with E-state index in [1.807, 2.05) is 75.4 Å². The Morgan fingerprint density at radius 1 is 1.10 bits per heavy atom. The number of para-hydroxylation sites is 1. The minimum atomic E-state index is -0.505. The van der Waals surface area contributed by atoms with Crippen molar-refractivity contribution < 1.29 is 14.3 Å². The lowest BCUT2D eigenvalue weighted by atomic mass is 10.1. The number of methoxy groups -OCH3 is 1. The van der Waals surface area contributed by atoms with E-state index in [0.717, 1.165) is 33.9 Å². The topological polar surface area (TPSA) is 64.8 Å². The van der Waals surface area contributed by atoms with Crippen molar-refractivity contribution in [2.24, 2.45) is 4.99 Å². The fourth-order valence-corrected chi connectivity index (χ4v) is 3.94. The summed E-state index contributed by atoms with van der Waals surface area (Å²) in [7, 11) is 1.66. The Kier molecular flexibility index (Phi) is 7.52. The second-order valence-electron chi connectivity index (χ2n) is 8.01. The lowest BCUT2D eigenvalue weighted by Crippen LogP contribution is -2.33. The van der Waals surface area contributed by atoms with Gasteiger partial charge in [-0.15, -0.1) is 11.3 Å². The van der Waals surface area contributed by atoms with Gasteiger partial charge in [0, 0.05) is 18.5 Å². The molecule has 1 heterocycles. The van der Waals surface area contributed by atoms with E-state index < -0.39 is 11.7 Å². The zero-order valence-electron chi connectivity index (χ0n) is 18.4. The van der Waals surface area contributed by atoms with E-state index in [1.165, 1.54) is 0 Å². The Labute approximate surface area is 187 Å². The van der Waals surface area contributed by atoms with Crippen LogP contribution in [0.4, 0.5) is 10.5 Å². The van der Waals surface area contributed by atoms with E-state index in [4.69, 9.17) is 14.5 Å². The van der Waals surface area contributed by atoms with Crippen LogP contribution in [0.15, 0.2) is 65.0 Å². The number of carbonyl (C=O) groups excluding carboxylic acids is 1. The monoisotopic (exact) mass is 439 g/mol. The predicted octanol–water partition coefficient (Wildman–Crippen LogP) is 5.37. The van der Waals surface area contributed by atoms with Crippen LogP contribution in [0.5, 0.6) is 5.75 Å². The Balaban J connectivity index is 1.80. The molecule has 7 heteroatoms. The van der Waals surface area contributed by atoms with Gasteiger partial charge in [0.1, 0.15) is 11.4 Å². The van der Waals surface area contributed by atoms with Crippen LogP contribution >= 0.6 is 11.3 Å². The molecule has 1 N–H and O–H groups in total. The minimum Gasteiger partial charge on any atom is -0.497 e. The molecule has 0 aliphatic rings. The molecule has 0 atom stereocenters. The Morgan fingerprint density at radius 2 is 1.81 bits per heavy atom.